The van der Waals surface area contributed by atoms with E-state index in [1.807, 2.05) is 0 Å². The van der Waals surface area contributed by atoms with Crippen LogP contribution in [0.4, 0.5) is 0 Å². The Labute approximate surface area is 63.8 Å². The molecular weight excluding hydrogens is 128 g/mol. The van der Waals surface area contributed by atoms with Gasteiger partial charge in [0.2, 0.25) is 0 Å². The van der Waals surface area contributed by atoms with Crippen molar-refractivity contribution in [3.05, 3.63) is 11.0 Å². The average molecular weight is 144 g/mol. The number of allylic oxidation sites excluding steroid dienone is 2. The van der Waals surface area contributed by atoms with E-state index in [1.165, 1.54) is 4.91 Å². The first kappa shape index (κ1) is 9.09. The summed E-state index contributed by atoms with van der Waals surface area (Å²) in [5.41, 5.74) is 0. The highest BCUT2D eigenvalue weighted by atomic mass is 32.1. The molecule has 0 nitrogen and oxygen atoms in total. The van der Waals surface area contributed by atoms with E-state index in [2.05, 4.69) is 46.4 Å². The Morgan fingerprint density at radius 3 is 1.78 bits per heavy atom. The van der Waals surface area contributed by atoms with Gasteiger partial charge in [-0.05, 0) is 16.7 Å². The Hall–Kier alpha value is 0.0900. The third kappa shape index (κ3) is 4.58. The quantitative estimate of drug-likeness (QED) is 0.566. The molecule has 0 aromatic rings. The van der Waals surface area contributed by atoms with Gasteiger partial charge in [-0.2, -0.15) is 0 Å². The molecule has 0 saturated carbocycles. The van der Waals surface area contributed by atoms with E-state index in [0.29, 0.717) is 11.8 Å². The van der Waals surface area contributed by atoms with Crippen LogP contribution in [0.1, 0.15) is 27.7 Å². The van der Waals surface area contributed by atoms with E-state index in [1.54, 1.807) is 0 Å². The highest BCUT2D eigenvalue weighted by Gasteiger charge is 1.96. The zero-order chi connectivity index (χ0) is 7.44. The summed E-state index contributed by atoms with van der Waals surface area (Å²) in [6.07, 6.45) is 2.19. The van der Waals surface area contributed by atoms with Crippen LogP contribution in [0.3, 0.4) is 0 Å². The fraction of sp³-hybridized carbons (Fsp3) is 0.750. The fourth-order valence-corrected chi connectivity index (χ4v) is 0.832. The lowest BCUT2D eigenvalue weighted by molar-refractivity contribution is 0.770. The predicted octanol–water partition coefficient (Wildman–Crippen LogP) is 3.11. The lowest BCUT2D eigenvalue weighted by atomic mass is 10.1. The molecule has 54 valence electrons. The second-order valence-electron chi connectivity index (χ2n) is 2.99. The van der Waals surface area contributed by atoms with Gasteiger partial charge in [-0.25, -0.2) is 0 Å². The minimum atomic E-state index is 0.579. The maximum absolute atomic E-state index is 4.33. The molecule has 9 heavy (non-hydrogen) atoms. The monoisotopic (exact) mass is 144 g/mol. The van der Waals surface area contributed by atoms with Gasteiger partial charge in [-0.1, -0.05) is 33.8 Å². The van der Waals surface area contributed by atoms with E-state index < -0.39 is 0 Å². The van der Waals surface area contributed by atoms with Crippen molar-refractivity contribution in [2.45, 2.75) is 27.7 Å². The summed E-state index contributed by atoms with van der Waals surface area (Å²) in [5, 5.41) is 0. The molecule has 0 fully saturated rings. The summed E-state index contributed by atoms with van der Waals surface area (Å²) in [7, 11) is 0. The van der Waals surface area contributed by atoms with Crippen LogP contribution in [-0.2, 0) is 0 Å². The van der Waals surface area contributed by atoms with Crippen molar-refractivity contribution >= 4 is 12.6 Å². The number of thiol groups is 1. The molecule has 0 heterocycles. The van der Waals surface area contributed by atoms with Crippen molar-refractivity contribution in [3.63, 3.8) is 0 Å². The van der Waals surface area contributed by atoms with Gasteiger partial charge >= 0.3 is 0 Å². The Morgan fingerprint density at radius 1 is 1.22 bits per heavy atom. The Morgan fingerprint density at radius 2 is 1.67 bits per heavy atom. The molecule has 0 bridgehead atoms. The zero-order valence-electron chi connectivity index (χ0n) is 6.68. The van der Waals surface area contributed by atoms with E-state index in [9.17, 15) is 0 Å². The van der Waals surface area contributed by atoms with Crippen molar-refractivity contribution in [1.82, 2.24) is 0 Å². The normalized spacial score (nSPS) is 13.4. The standard InChI is InChI=1S/C8H16S/c1-6(2)5-8(9)7(3)4/h5-7,9H,1-4H3. The molecule has 0 aliphatic rings. The average Bonchev–Trinajstić information content (AvgIpc) is 1.63. The number of hydrogen-bond donors (Lipinski definition) is 1. The molecule has 0 saturated heterocycles. The smallest absolute Gasteiger partial charge is 0.0164 e. The molecule has 0 spiro atoms. The molecule has 0 unspecified atom stereocenters. The topological polar surface area (TPSA) is 0 Å². The predicted molar refractivity (Wildman–Crippen MR) is 46.7 cm³/mol. The van der Waals surface area contributed by atoms with E-state index in [4.69, 9.17) is 0 Å². The van der Waals surface area contributed by atoms with Gasteiger partial charge in [-0.15, -0.1) is 12.6 Å². The van der Waals surface area contributed by atoms with Gasteiger partial charge in [0.25, 0.3) is 0 Å². The highest BCUT2D eigenvalue weighted by molar-refractivity contribution is 7.84. The van der Waals surface area contributed by atoms with E-state index in [0.717, 1.165) is 0 Å². The lowest BCUT2D eigenvalue weighted by Crippen LogP contribution is -1.89. The SMILES string of the molecule is CC(C)C=C(S)C(C)C. The van der Waals surface area contributed by atoms with Crippen LogP contribution < -0.4 is 0 Å². The molecule has 0 aromatic carbocycles. The van der Waals surface area contributed by atoms with Crippen molar-refractivity contribution in [1.29, 1.82) is 0 Å². The third-order valence-electron chi connectivity index (χ3n) is 1.10. The summed E-state index contributed by atoms with van der Waals surface area (Å²) in [5.74, 6) is 1.20. The number of hydrogen-bond acceptors (Lipinski definition) is 1. The Bertz CT molecular complexity index is 101. The highest BCUT2D eigenvalue weighted by Crippen LogP contribution is 2.15. The Kier molecular flexibility index (Phi) is 4.03. The van der Waals surface area contributed by atoms with Crippen LogP contribution in [0.25, 0.3) is 0 Å². The molecule has 0 rings (SSSR count). The first-order valence-corrected chi connectivity index (χ1v) is 3.89. The maximum atomic E-state index is 4.33. The van der Waals surface area contributed by atoms with E-state index >= 15 is 0 Å². The van der Waals surface area contributed by atoms with Gasteiger partial charge in [0.15, 0.2) is 0 Å². The molecule has 1 heteroatoms. The van der Waals surface area contributed by atoms with Crippen LogP contribution in [0.5, 0.6) is 0 Å². The van der Waals surface area contributed by atoms with Gasteiger partial charge < -0.3 is 0 Å². The fourth-order valence-electron chi connectivity index (χ4n) is 0.534. The second-order valence-corrected chi connectivity index (χ2v) is 3.51. The largest absolute Gasteiger partial charge is 0.148 e. The first-order chi connectivity index (χ1) is 4.04. The summed E-state index contributed by atoms with van der Waals surface area (Å²) in [6.45, 7) is 8.64. The van der Waals surface area contributed by atoms with Crippen LogP contribution in [0.15, 0.2) is 11.0 Å². The molecule has 0 amide bonds. The summed E-state index contributed by atoms with van der Waals surface area (Å²) >= 11 is 4.33. The Balaban J connectivity index is 3.84. The molecule has 0 aromatic heterocycles. The van der Waals surface area contributed by atoms with Crippen molar-refractivity contribution < 1.29 is 0 Å². The minimum Gasteiger partial charge on any atom is -0.148 e. The minimum absolute atomic E-state index is 0.579. The zero-order valence-corrected chi connectivity index (χ0v) is 7.57. The summed E-state index contributed by atoms with van der Waals surface area (Å²) in [6, 6.07) is 0. The lowest BCUT2D eigenvalue weighted by Gasteiger charge is -2.04. The molecule has 0 N–H and O–H groups in total. The van der Waals surface area contributed by atoms with E-state index in [-0.39, 0.29) is 0 Å². The molecule has 0 aliphatic carbocycles. The van der Waals surface area contributed by atoms with Gasteiger partial charge in [-0.3, -0.25) is 0 Å². The molecular formula is C8H16S. The first-order valence-electron chi connectivity index (χ1n) is 3.44. The van der Waals surface area contributed by atoms with Crippen LogP contribution >= 0.6 is 12.6 Å². The second kappa shape index (κ2) is 3.99. The molecule has 0 atom stereocenters. The van der Waals surface area contributed by atoms with Crippen molar-refractivity contribution in [3.8, 4) is 0 Å². The van der Waals surface area contributed by atoms with Crippen LogP contribution in [-0.4, -0.2) is 0 Å². The van der Waals surface area contributed by atoms with Crippen LogP contribution in [0.2, 0.25) is 0 Å². The summed E-state index contributed by atoms with van der Waals surface area (Å²) < 4.78 is 0. The third-order valence-corrected chi connectivity index (χ3v) is 1.76. The van der Waals surface area contributed by atoms with Gasteiger partial charge in [0.1, 0.15) is 0 Å². The summed E-state index contributed by atoms with van der Waals surface area (Å²) in [4.78, 5) is 1.20. The van der Waals surface area contributed by atoms with Crippen molar-refractivity contribution in [2.24, 2.45) is 11.8 Å². The number of rotatable bonds is 2. The van der Waals surface area contributed by atoms with Crippen LogP contribution in [0, 0.1) is 11.8 Å². The van der Waals surface area contributed by atoms with Gasteiger partial charge in [0, 0.05) is 0 Å². The van der Waals surface area contributed by atoms with Crippen molar-refractivity contribution in [2.75, 3.05) is 0 Å². The molecule has 0 aliphatic heterocycles. The van der Waals surface area contributed by atoms with Gasteiger partial charge in [0.05, 0.1) is 0 Å². The maximum Gasteiger partial charge on any atom is -0.0164 e. The molecule has 0 radical (unpaired) electrons.